The zero-order valence-corrected chi connectivity index (χ0v) is 11.0. The van der Waals surface area contributed by atoms with Crippen molar-refractivity contribution in [2.45, 2.75) is 12.3 Å². The number of nitrogens with one attached hydrogen (secondary N) is 1. The number of furan rings is 1. The summed E-state index contributed by atoms with van der Waals surface area (Å²) in [7, 11) is 0. The first-order chi connectivity index (χ1) is 8.79. The molecule has 0 saturated carbocycles. The minimum atomic E-state index is -0.175. The quantitative estimate of drug-likeness (QED) is 0.899. The van der Waals surface area contributed by atoms with Crippen LogP contribution in [0.15, 0.2) is 46.9 Å². The molecule has 0 unspecified atom stereocenters. The van der Waals surface area contributed by atoms with Crippen molar-refractivity contribution in [3.8, 4) is 0 Å². The number of amides is 1. The Hall–Kier alpha value is -1.68. The molecule has 0 atom stereocenters. The van der Waals surface area contributed by atoms with E-state index < -0.39 is 0 Å². The van der Waals surface area contributed by atoms with Gasteiger partial charge >= 0.3 is 0 Å². The number of carbonyl (C=O) groups is 1. The maximum absolute atomic E-state index is 11.8. The fourth-order valence-electron chi connectivity index (χ4n) is 1.59. The van der Waals surface area contributed by atoms with Gasteiger partial charge in [0.15, 0.2) is 5.76 Å². The summed E-state index contributed by atoms with van der Waals surface area (Å²) in [5.41, 5.74) is 1.07. The lowest BCUT2D eigenvalue weighted by Crippen LogP contribution is -2.22. The fraction of sp³-hybridized carbons (Fsp3) is 0.214. The zero-order chi connectivity index (χ0) is 12.8. The molecule has 0 aliphatic rings. The molecule has 0 aliphatic carbocycles. The minimum absolute atomic E-state index is 0.175. The Morgan fingerprint density at radius 3 is 2.72 bits per heavy atom. The van der Waals surface area contributed by atoms with Crippen LogP contribution < -0.4 is 5.32 Å². The normalized spacial score (nSPS) is 10.3. The highest BCUT2D eigenvalue weighted by Crippen LogP contribution is 2.13. The standard InChI is InChI=1S/C14H15NO2S/c1-18-10-12-7-8-13(17-12)14(16)15-9-11-5-3-2-4-6-11/h2-8H,9-10H2,1H3,(H,15,16). The zero-order valence-electron chi connectivity index (χ0n) is 10.2. The van der Waals surface area contributed by atoms with E-state index in [4.69, 9.17) is 4.42 Å². The molecule has 0 aliphatic heterocycles. The van der Waals surface area contributed by atoms with Crippen LogP contribution in [0, 0.1) is 0 Å². The molecule has 1 aromatic carbocycles. The number of benzene rings is 1. The Balaban J connectivity index is 1.91. The second-order valence-electron chi connectivity index (χ2n) is 3.87. The average molecular weight is 261 g/mol. The maximum Gasteiger partial charge on any atom is 0.287 e. The number of rotatable bonds is 5. The number of hydrogen-bond donors (Lipinski definition) is 1. The first kappa shape index (κ1) is 12.8. The molecular formula is C14H15NO2S. The first-order valence-electron chi connectivity index (χ1n) is 5.69. The Labute approximate surface area is 111 Å². The van der Waals surface area contributed by atoms with Crippen LogP contribution in [0.5, 0.6) is 0 Å². The molecule has 1 aromatic heterocycles. The summed E-state index contributed by atoms with van der Waals surface area (Å²) in [5.74, 6) is 1.81. The molecule has 2 aromatic rings. The van der Waals surface area contributed by atoms with Gasteiger partial charge in [-0.05, 0) is 24.0 Å². The van der Waals surface area contributed by atoms with Gasteiger partial charge in [-0.25, -0.2) is 0 Å². The lowest BCUT2D eigenvalue weighted by molar-refractivity contribution is 0.0922. The highest BCUT2D eigenvalue weighted by Gasteiger charge is 2.10. The van der Waals surface area contributed by atoms with Gasteiger partial charge in [-0.1, -0.05) is 30.3 Å². The minimum Gasteiger partial charge on any atom is -0.455 e. The molecule has 94 valence electrons. The molecule has 1 amide bonds. The molecular weight excluding hydrogens is 246 g/mol. The van der Waals surface area contributed by atoms with E-state index in [0.29, 0.717) is 12.3 Å². The largest absolute Gasteiger partial charge is 0.455 e. The van der Waals surface area contributed by atoms with Crippen molar-refractivity contribution in [2.24, 2.45) is 0 Å². The van der Waals surface area contributed by atoms with E-state index in [1.807, 2.05) is 42.7 Å². The number of carbonyl (C=O) groups excluding carboxylic acids is 1. The summed E-state index contributed by atoms with van der Waals surface area (Å²) < 4.78 is 5.44. The van der Waals surface area contributed by atoms with Crippen LogP contribution in [0.4, 0.5) is 0 Å². The monoisotopic (exact) mass is 261 g/mol. The van der Waals surface area contributed by atoms with Gasteiger partial charge in [0.1, 0.15) is 5.76 Å². The van der Waals surface area contributed by atoms with Crippen LogP contribution in [0.1, 0.15) is 21.9 Å². The van der Waals surface area contributed by atoms with Gasteiger partial charge in [0.05, 0.1) is 5.75 Å². The van der Waals surface area contributed by atoms with Crippen molar-refractivity contribution in [2.75, 3.05) is 6.26 Å². The summed E-state index contributed by atoms with van der Waals surface area (Å²) in [5, 5.41) is 2.83. The van der Waals surface area contributed by atoms with Crippen molar-refractivity contribution in [3.63, 3.8) is 0 Å². The van der Waals surface area contributed by atoms with E-state index in [2.05, 4.69) is 5.32 Å². The Kier molecular flexibility index (Phi) is 4.47. The molecule has 0 saturated heterocycles. The molecule has 0 radical (unpaired) electrons. The van der Waals surface area contributed by atoms with Crippen LogP contribution in [0.25, 0.3) is 0 Å². The predicted molar refractivity (Wildman–Crippen MR) is 73.5 cm³/mol. The third-order valence-electron chi connectivity index (χ3n) is 2.47. The van der Waals surface area contributed by atoms with Crippen molar-refractivity contribution in [1.82, 2.24) is 5.32 Å². The van der Waals surface area contributed by atoms with Gasteiger partial charge in [0, 0.05) is 6.54 Å². The summed E-state index contributed by atoms with van der Waals surface area (Å²) >= 11 is 1.66. The molecule has 1 heterocycles. The first-order valence-corrected chi connectivity index (χ1v) is 7.09. The summed E-state index contributed by atoms with van der Waals surface area (Å²) in [6.45, 7) is 0.512. The van der Waals surface area contributed by atoms with E-state index in [9.17, 15) is 4.79 Å². The molecule has 0 bridgehead atoms. The van der Waals surface area contributed by atoms with Crippen molar-refractivity contribution in [3.05, 3.63) is 59.5 Å². The summed E-state index contributed by atoms with van der Waals surface area (Å²) in [6, 6.07) is 13.4. The van der Waals surface area contributed by atoms with E-state index in [-0.39, 0.29) is 5.91 Å². The van der Waals surface area contributed by atoms with E-state index in [0.717, 1.165) is 17.1 Å². The predicted octanol–water partition coefficient (Wildman–Crippen LogP) is 3.07. The Morgan fingerprint density at radius 1 is 1.22 bits per heavy atom. The molecule has 0 spiro atoms. The van der Waals surface area contributed by atoms with Crippen LogP contribution >= 0.6 is 11.8 Å². The highest BCUT2D eigenvalue weighted by molar-refractivity contribution is 7.97. The second-order valence-corrected chi connectivity index (χ2v) is 4.73. The molecule has 4 heteroatoms. The SMILES string of the molecule is CSCc1ccc(C(=O)NCc2ccccc2)o1. The topological polar surface area (TPSA) is 42.2 Å². The molecule has 0 fully saturated rings. The smallest absolute Gasteiger partial charge is 0.287 e. The third-order valence-corrected chi connectivity index (χ3v) is 3.04. The van der Waals surface area contributed by atoms with Crippen molar-refractivity contribution in [1.29, 1.82) is 0 Å². The second kappa shape index (κ2) is 6.31. The van der Waals surface area contributed by atoms with Gasteiger partial charge in [-0.15, -0.1) is 0 Å². The van der Waals surface area contributed by atoms with Gasteiger partial charge in [-0.2, -0.15) is 11.8 Å². The van der Waals surface area contributed by atoms with Gasteiger partial charge in [0.2, 0.25) is 0 Å². The Morgan fingerprint density at radius 2 is 2.00 bits per heavy atom. The van der Waals surface area contributed by atoms with Crippen LogP contribution in [0.2, 0.25) is 0 Å². The molecule has 3 nitrogen and oxygen atoms in total. The van der Waals surface area contributed by atoms with E-state index >= 15 is 0 Å². The third kappa shape index (κ3) is 3.40. The highest BCUT2D eigenvalue weighted by atomic mass is 32.2. The van der Waals surface area contributed by atoms with Crippen LogP contribution in [-0.2, 0) is 12.3 Å². The van der Waals surface area contributed by atoms with Gasteiger partial charge < -0.3 is 9.73 Å². The van der Waals surface area contributed by atoms with Gasteiger partial charge in [-0.3, -0.25) is 4.79 Å². The molecule has 18 heavy (non-hydrogen) atoms. The van der Waals surface area contributed by atoms with Crippen molar-refractivity contribution < 1.29 is 9.21 Å². The average Bonchev–Trinajstić information content (AvgIpc) is 2.86. The van der Waals surface area contributed by atoms with Crippen molar-refractivity contribution >= 4 is 17.7 Å². The van der Waals surface area contributed by atoms with Crippen LogP contribution in [0.3, 0.4) is 0 Å². The van der Waals surface area contributed by atoms with E-state index in [1.54, 1.807) is 17.8 Å². The molecule has 2 rings (SSSR count). The maximum atomic E-state index is 11.8. The lowest BCUT2D eigenvalue weighted by atomic mass is 10.2. The number of hydrogen-bond acceptors (Lipinski definition) is 3. The summed E-state index contributed by atoms with van der Waals surface area (Å²) in [4.78, 5) is 11.8. The van der Waals surface area contributed by atoms with Crippen LogP contribution in [-0.4, -0.2) is 12.2 Å². The Bertz CT molecular complexity index is 508. The van der Waals surface area contributed by atoms with Gasteiger partial charge in [0.25, 0.3) is 5.91 Å². The fourth-order valence-corrected chi connectivity index (χ4v) is 2.02. The number of thioether (sulfide) groups is 1. The lowest BCUT2D eigenvalue weighted by Gasteiger charge is -2.02. The van der Waals surface area contributed by atoms with E-state index in [1.165, 1.54) is 0 Å². The molecule has 1 N–H and O–H groups in total. The summed E-state index contributed by atoms with van der Waals surface area (Å²) in [6.07, 6.45) is 2.00.